The number of hydrogen-bond donors (Lipinski definition) is 2. The lowest BCUT2D eigenvalue weighted by Crippen LogP contribution is -2.42. The maximum absolute atomic E-state index is 6.08. The summed E-state index contributed by atoms with van der Waals surface area (Å²) in [5.41, 5.74) is 6.08. The van der Waals surface area contributed by atoms with Crippen molar-refractivity contribution in [2.24, 2.45) is 5.73 Å². The van der Waals surface area contributed by atoms with Gasteiger partial charge in [0.15, 0.2) is 0 Å². The molecule has 1 aromatic heterocycles. The van der Waals surface area contributed by atoms with Crippen LogP contribution in [0.2, 0.25) is 0 Å². The van der Waals surface area contributed by atoms with Gasteiger partial charge >= 0.3 is 0 Å². The third-order valence-corrected chi connectivity index (χ3v) is 3.06. The van der Waals surface area contributed by atoms with Crippen molar-refractivity contribution in [3.63, 3.8) is 0 Å². The van der Waals surface area contributed by atoms with E-state index < -0.39 is 0 Å². The van der Waals surface area contributed by atoms with E-state index in [-0.39, 0.29) is 6.04 Å². The van der Waals surface area contributed by atoms with Crippen LogP contribution >= 0.6 is 0 Å². The van der Waals surface area contributed by atoms with Crippen LogP contribution in [0, 0.1) is 0 Å². The van der Waals surface area contributed by atoms with Crippen molar-refractivity contribution in [1.82, 2.24) is 9.97 Å². The summed E-state index contributed by atoms with van der Waals surface area (Å²) in [5, 5.41) is 3.35. The third kappa shape index (κ3) is 3.30. The number of rotatable bonds is 4. The minimum atomic E-state index is 0.210. The monoisotopic (exact) mass is 236 g/mol. The van der Waals surface area contributed by atoms with Gasteiger partial charge in [-0.3, -0.25) is 4.98 Å². The van der Waals surface area contributed by atoms with Gasteiger partial charge in [-0.15, -0.1) is 0 Å². The van der Waals surface area contributed by atoms with Gasteiger partial charge in [-0.1, -0.05) is 12.8 Å². The van der Waals surface area contributed by atoms with E-state index in [1.165, 1.54) is 12.8 Å². The van der Waals surface area contributed by atoms with Crippen molar-refractivity contribution in [2.45, 2.75) is 44.7 Å². The normalized spacial score (nSPS) is 24.4. The van der Waals surface area contributed by atoms with Gasteiger partial charge in [0.25, 0.3) is 0 Å². The average molecular weight is 236 g/mol. The second kappa shape index (κ2) is 5.82. The zero-order valence-electron chi connectivity index (χ0n) is 10.2. The number of nitrogens with one attached hydrogen (secondary N) is 1. The predicted molar refractivity (Wildman–Crippen MR) is 67.1 cm³/mol. The summed E-state index contributed by atoms with van der Waals surface area (Å²) < 4.78 is 5.32. The Kier molecular flexibility index (Phi) is 4.14. The highest BCUT2D eigenvalue weighted by atomic mass is 16.5. The first kappa shape index (κ1) is 12.1. The second-order valence-electron chi connectivity index (χ2n) is 4.37. The van der Waals surface area contributed by atoms with Crippen molar-refractivity contribution < 1.29 is 4.74 Å². The van der Waals surface area contributed by atoms with E-state index in [2.05, 4.69) is 15.3 Å². The smallest absolute Gasteiger partial charge is 0.234 e. The summed E-state index contributed by atoms with van der Waals surface area (Å²) in [6, 6.07) is 0.510. The van der Waals surface area contributed by atoms with Crippen LogP contribution in [0.4, 0.5) is 5.82 Å². The molecule has 2 atom stereocenters. The van der Waals surface area contributed by atoms with Crippen molar-refractivity contribution in [3.8, 4) is 5.88 Å². The lowest BCUT2D eigenvalue weighted by molar-refractivity contribution is 0.325. The van der Waals surface area contributed by atoms with E-state index in [9.17, 15) is 0 Å². The first-order chi connectivity index (χ1) is 8.29. The first-order valence-electron chi connectivity index (χ1n) is 6.26. The Morgan fingerprint density at radius 2 is 2.24 bits per heavy atom. The molecule has 0 aromatic carbocycles. The Morgan fingerprint density at radius 1 is 1.41 bits per heavy atom. The molecule has 1 heterocycles. The van der Waals surface area contributed by atoms with Gasteiger partial charge in [-0.2, -0.15) is 4.98 Å². The van der Waals surface area contributed by atoms with Crippen LogP contribution in [0.5, 0.6) is 5.88 Å². The van der Waals surface area contributed by atoms with Crippen molar-refractivity contribution in [1.29, 1.82) is 0 Å². The molecule has 0 amide bonds. The van der Waals surface area contributed by atoms with E-state index in [0.717, 1.165) is 18.7 Å². The fourth-order valence-corrected chi connectivity index (χ4v) is 2.16. The van der Waals surface area contributed by atoms with Crippen molar-refractivity contribution >= 4 is 5.82 Å². The average Bonchev–Trinajstić information content (AvgIpc) is 2.33. The summed E-state index contributed by atoms with van der Waals surface area (Å²) in [5.74, 6) is 1.31. The molecule has 1 aromatic rings. The minimum absolute atomic E-state index is 0.210. The molecule has 1 aliphatic carbocycles. The number of ether oxygens (including phenoxy) is 1. The minimum Gasteiger partial charge on any atom is -0.477 e. The van der Waals surface area contributed by atoms with Gasteiger partial charge in [0.1, 0.15) is 5.82 Å². The molecule has 0 saturated heterocycles. The molecule has 94 valence electrons. The molecular weight excluding hydrogens is 216 g/mol. The van der Waals surface area contributed by atoms with Crippen LogP contribution in [0.15, 0.2) is 12.4 Å². The van der Waals surface area contributed by atoms with Gasteiger partial charge in [-0.05, 0) is 19.8 Å². The highest BCUT2D eigenvalue weighted by molar-refractivity contribution is 5.35. The predicted octanol–water partition coefficient (Wildman–Crippen LogP) is 1.56. The number of anilines is 1. The molecule has 2 rings (SSSR count). The van der Waals surface area contributed by atoms with E-state index >= 15 is 0 Å². The van der Waals surface area contributed by atoms with Crippen LogP contribution in [0.3, 0.4) is 0 Å². The summed E-state index contributed by atoms with van der Waals surface area (Å²) in [7, 11) is 0. The summed E-state index contributed by atoms with van der Waals surface area (Å²) in [6.45, 7) is 2.53. The van der Waals surface area contributed by atoms with E-state index in [1.807, 2.05) is 6.92 Å². The van der Waals surface area contributed by atoms with Crippen LogP contribution in [0.1, 0.15) is 32.6 Å². The number of aromatic nitrogens is 2. The topological polar surface area (TPSA) is 73.1 Å². The molecule has 5 nitrogen and oxygen atoms in total. The van der Waals surface area contributed by atoms with Gasteiger partial charge in [0.05, 0.1) is 19.0 Å². The van der Waals surface area contributed by atoms with Crippen molar-refractivity contribution in [2.75, 3.05) is 11.9 Å². The molecule has 17 heavy (non-hydrogen) atoms. The maximum Gasteiger partial charge on any atom is 0.234 e. The number of nitrogens with zero attached hydrogens (tertiary/aromatic N) is 2. The zero-order valence-corrected chi connectivity index (χ0v) is 10.2. The largest absolute Gasteiger partial charge is 0.477 e. The van der Waals surface area contributed by atoms with Gasteiger partial charge in [-0.25, -0.2) is 0 Å². The molecule has 1 saturated carbocycles. The van der Waals surface area contributed by atoms with E-state index in [0.29, 0.717) is 18.5 Å². The van der Waals surface area contributed by atoms with Gasteiger partial charge in [0.2, 0.25) is 5.88 Å². The highest BCUT2D eigenvalue weighted by Crippen LogP contribution is 2.20. The fraction of sp³-hybridized carbons (Fsp3) is 0.667. The summed E-state index contributed by atoms with van der Waals surface area (Å²) >= 11 is 0. The van der Waals surface area contributed by atoms with Crippen molar-refractivity contribution in [3.05, 3.63) is 12.4 Å². The van der Waals surface area contributed by atoms with Crippen LogP contribution in [-0.4, -0.2) is 28.7 Å². The Balaban J connectivity index is 1.99. The molecule has 0 radical (unpaired) electrons. The molecule has 0 spiro atoms. The quantitative estimate of drug-likeness (QED) is 0.830. The number of nitrogens with two attached hydrogens (primary N) is 1. The molecule has 3 N–H and O–H groups in total. The molecule has 0 unspecified atom stereocenters. The zero-order chi connectivity index (χ0) is 12.1. The summed E-state index contributed by atoms with van der Waals surface area (Å²) in [4.78, 5) is 8.44. The Hall–Kier alpha value is -1.36. The van der Waals surface area contributed by atoms with Crippen LogP contribution in [-0.2, 0) is 0 Å². The SMILES string of the molecule is CCOc1cncc(N[C@@H]2CCCC[C@H]2N)n1. The first-order valence-corrected chi connectivity index (χ1v) is 6.26. The van der Waals surface area contributed by atoms with E-state index in [1.54, 1.807) is 12.4 Å². The Labute approximate surface area is 102 Å². The van der Waals surface area contributed by atoms with Gasteiger partial charge in [0, 0.05) is 12.1 Å². The molecule has 5 heteroatoms. The van der Waals surface area contributed by atoms with Crippen LogP contribution < -0.4 is 15.8 Å². The fourth-order valence-electron chi connectivity index (χ4n) is 2.16. The molecule has 0 bridgehead atoms. The Bertz CT molecular complexity index is 358. The lowest BCUT2D eigenvalue weighted by Gasteiger charge is -2.29. The van der Waals surface area contributed by atoms with Gasteiger partial charge < -0.3 is 15.8 Å². The molecule has 1 fully saturated rings. The molecule has 0 aliphatic heterocycles. The molecule has 1 aliphatic rings. The molecular formula is C12H20N4O. The number of hydrogen-bond acceptors (Lipinski definition) is 5. The van der Waals surface area contributed by atoms with Crippen LogP contribution in [0.25, 0.3) is 0 Å². The summed E-state index contributed by atoms with van der Waals surface area (Å²) in [6.07, 6.45) is 7.96. The maximum atomic E-state index is 6.08. The highest BCUT2D eigenvalue weighted by Gasteiger charge is 2.21. The standard InChI is InChI=1S/C12H20N4O/c1-2-17-12-8-14-7-11(16-12)15-10-6-4-3-5-9(10)13/h7-10H,2-6,13H2,1H3,(H,15,16)/t9-,10-/m1/s1. The third-order valence-electron chi connectivity index (χ3n) is 3.06. The Morgan fingerprint density at radius 3 is 3.00 bits per heavy atom. The second-order valence-corrected chi connectivity index (χ2v) is 4.37. The van der Waals surface area contributed by atoms with E-state index in [4.69, 9.17) is 10.5 Å². The lowest BCUT2D eigenvalue weighted by atomic mass is 9.91.